The summed E-state index contributed by atoms with van der Waals surface area (Å²) in [5.74, 6) is 0.826. The summed E-state index contributed by atoms with van der Waals surface area (Å²) in [4.78, 5) is 11.7. The van der Waals surface area contributed by atoms with Gasteiger partial charge in [-0.3, -0.25) is 4.79 Å². The van der Waals surface area contributed by atoms with Crippen LogP contribution in [0.25, 0.3) is 11.3 Å². The molecule has 0 saturated carbocycles. The van der Waals surface area contributed by atoms with Crippen LogP contribution in [-0.4, -0.2) is 16.4 Å². The molecule has 0 fully saturated rings. The Hall–Kier alpha value is -2.30. The van der Waals surface area contributed by atoms with Gasteiger partial charge in [0.05, 0.1) is 12.3 Å². The number of anilines is 1. The molecule has 2 N–H and O–H groups in total. The predicted molar refractivity (Wildman–Crippen MR) is 79.8 cm³/mol. The second kappa shape index (κ2) is 6.23. The maximum absolute atomic E-state index is 11.7. The minimum absolute atomic E-state index is 0.211. The lowest BCUT2D eigenvalue weighted by Crippen LogP contribution is -2.24. The molecule has 0 unspecified atom stereocenters. The zero-order valence-corrected chi connectivity index (χ0v) is 11.8. The predicted octanol–water partition coefficient (Wildman–Crippen LogP) is 2.30. The average molecular weight is 273 g/mol. The number of hydrogen-bond donors (Lipinski definition) is 1. The first-order chi connectivity index (χ1) is 9.65. The van der Waals surface area contributed by atoms with E-state index in [1.165, 1.54) is 4.68 Å². The van der Waals surface area contributed by atoms with Crippen LogP contribution in [0.2, 0.25) is 0 Å². The number of benzene rings is 1. The molecular weight excluding hydrogens is 254 g/mol. The summed E-state index contributed by atoms with van der Waals surface area (Å²) in [6.07, 6.45) is 0.974. The normalized spacial score (nSPS) is 10.5. The molecule has 0 aliphatic heterocycles. The smallest absolute Gasteiger partial charge is 0.289 e. The highest BCUT2D eigenvalue weighted by Gasteiger charge is 2.07. The molecule has 1 aromatic heterocycles. The maximum atomic E-state index is 11.7. The van der Waals surface area contributed by atoms with Gasteiger partial charge in [0.25, 0.3) is 5.56 Å². The fraction of sp³-hybridized carbons (Fsp3) is 0.333. The van der Waals surface area contributed by atoms with Crippen LogP contribution < -0.4 is 16.0 Å². The highest BCUT2D eigenvalue weighted by molar-refractivity contribution is 5.62. The summed E-state index contributed by atoms with van der Waals surface area (Å²) in [7, 11) is 0. The Balaban J connectivity index is 2.32. The van der Waals surface area contributed by atoms with E-state index in [0.29, 0.717) is 18.8 Å². The van der Waals surface area contributed by atoms with Crippen molar-refractivity contribution in [3.63, 3.8) is 0 Å². The SMILES string of the molecule is CCCOc1ccc(-c2cc(N)c(=O)n(CC)n2)cc1. The zero-order chi connectivity index (χ0) is 14.5. The number of aromatic nitrogens is 2. The first kappa shape index (κ1) is 14.1. The summed E-state index contributed by atoms with van der Waals surface area (Å²) in [5, 5.41) is 4.30. The van der Waals surface area contributed by atoms with Gasteiger partial charge in [0, 0.05) is 12.1 Å². The molecule has 20 heavy (non-hydrogen) atoms. The highest BCUT2D eigenvalue weighted by Crippen LogP contribution is 2.21. The molecule has 5 heteroatoms. The lowest BCUT2D eigenvalue weighted by atomic mass is 10.1. The van der Waals surface area contributed by atoms with E-state index in [2.05, 4.69) is 12.0 Å². The molecule has 0 aliphatic rings. The summed E-state index contributed by atoms with van der Waals surface area (Å²) in [6, 6.07) is 9.22. The molecule has 1 heterocycles. The molecule has 0 radical (unpaired) electrons. The third-order valence-corrected chi connectivity index (χ3v) is 2.92. The largest absolute Gasteiger partial charge is 0.494 e. The van der Waals surface area contributed by atoms with Crippen molar-refractivity contribution in [2.24, 2.45) is 0 Å². The minimum Gasteiger partial charge on any atom is -0.494 e. The van der Waals surface area contributed by atoms with Crippen molar-refractivity contribution < 1.29 is 4.74 Å². The molecule has 0 spiro atoms. The van der Waals surface area contributed by atoms with Crippen molar-refractivity contribution >= 4 is 5.69 Å². The van der Waals surface area contributed by atoms with E-state index in [0.717, 1.165) is 17.7 Å². The van der Waals surface area contributed by atoms with Crippen molar-refractivity contribution in [2.45, 2.75) is 26.8 Å². The Morgan fingerprint density at radius 3 is 2.55 bits per heavy atom. The van der Waals surface area contributed by atoms with E-state index in [1.807, 2.05) is 31.2 Å². The van der Waals surface area contributed by atoms with Crippen LogP contribution in [0.15, 0.2) is 35.1 Å². The molecule has 1 aromatic carbocycles. The molecule has 106 valence electrons. The zero-order valence-electron chi connectivity index (χ0n) is 11.8. The van der Waals surface area contributed by atoms with Gasteiger partial charge < -0.3 is 10.5 Å². The Morgan fingerprint density at radius 1 is 1.25 bits per heavy atom. The molecular formula is C15H19N3O2. The second-order valence-electron chi connectivity index (χ2n) is 4.48. The van der Waals surface area contributed by atoms with Gasteiger partial charge in [0.15, 0.2) is 0 Å². The van der Waals surface area contributed by atoms with Crippen LogP contribution >= 0.6 is 0 Å². The summed E-state index contributed by atoms with van der Waals surface area (Å²) in [5.41, 5.74) is 7.28. The lowest BCUT2D eigenvalue weighted by molar-refractivity contribution is 0.317. The van der Waals surface area contributed by atoms with E-state index in [9.17, 15) is 4.79 Å². The number of rotatable bonds is 5. The maximum Gasteiger partial charge on any atom is 0.289 e. The lowest BCUT2D eigenvalue weighted by Gasteiger charge is -2.08. The monoisotopic (exact) mass is 273 g/mol. The number of ether oxygens (including phenoxy) is 1. The summed E-state index contributed by atoms with van der Waals surface area (Å²) >= 11 is 0. The molecule has 5 nitrogen and oxygen atoms in total. The van der Waals surface area contributed by atoms with Gasteiger partial charge in [-0.05, 0) is 43.7 Å². The van der Waals surface area contributed by atoms with Crippen LogP contribution in [0, 0.1) is 0 Å². The molecule has 0 amide bonds. The summed E-state index contributed by atoms with van der Waals surface area (Å²) in [6.45, 7) is 5.12. The first-order valence-electron chi connectivity index (χ1n) is 6.76. The van der Waals surface area contributed by atoms with Gasteiger partial charge in [-0.15, -0.1) is 0 Å². The minimum atomic E-state index is -0.251. The molecule has 0 atom stereocenters. The highest BCUT2D eigenvalue weighted by atomic mass is 16.5. The van der Waals surface area contributed by atoms with Crippen LogP contribution in [0.5, 0.6) is 5.75 Å². The second-order valence-corrected chi connectivity index (χ2v) is 4.48. The number of hydrogen-bond acceptors (Lipinski definition) is 4. The van der Waals surface area contributed by atoms with E-state index in [-0.39, 0.29) is 11.2 Å². The van der Waals surface area contributed by atoms with Crippen molar-refractivity contribution in [1.29, 1.82) is 0 Å². The number of nitrogens with two attached hydrogens (primary N) is 1. The molecule has 0 saturated heterocycles. The van der Waals surface area contributed by atoms with Gasteiger partial charge in [-0.1, -0.05) is 6.92 Å². The first-order valence-corrected chi connectivity index (χ1v) is 6.76. The van der Waals surface area contributed by atoms with Gasteiger partial charge in [0.2, 0.25) is 0 Å². The Morgan fingerprint density at radius 2 is 1.95 bits per heavy atom. The third-order valence-electron chi connectivity index (χ3n) is 2.92. The van der Waals surface area contributed by atoms with E-state index in [1.54, 1.807) is 6.07 Å². The number of nitrogen functional groups attached to an aromatic ring is 1. The van der Waals surface area contributed by atoms with Gasteiger partial charge in [-0.25, -0.2) is 4.68 Å². The molecule has 0 aliphatic carbocycles. The third kappa shape index (κ3) is 2.99. The average Bonchev–Trinajstić information content (AvgIpc) is 2.48. The Bertz CT molecular complexity index is 633. The van der Waals surface area contributed by atoms with Gasteiger partial charge >= 0.3 is 0 Å². The molecule has 0 bridgehead atoms. The Labute approximate surface area is 118 Å². The summed E-state index contributed by atoms with van der Waals surface area (Å²) < 4.78 is 6.90. The fourth-order valence-corrected chi connectivity index (χ4v) is 1.86. The van der Waals surface area contributed by atoms with E-state index >= 15 is 0 Å². The molecule has 2 rings (SSSR count). The Kier molecular flexibility index (Phi) is 4.40. The van der Waals surface area contributed by atoms with Gasteiger partial charge in [0.1, 0.15) is 11.4 Å². The van der Waals surface area contributed by atoms with Gasteiger partial charge in [-0.2, -0.15) is 5.10 Å². The van der Waals surface area contributed by atoms with E-state index < -0.39 is 0 Å². The van der Waals surface area contributed by atoms with Crippen molar-refractivity contribution in [3.05, 3.63) is 40.7 Å². The quantitative estimate of drug-likeness (QED) is 0.907. The topological polar surface area (TPSA) is 70.1 Å². The number of aryl methyl sites for hydroxylation is 1. The van der Waals surface area contributed by atoms with Crippen LogP contribution in [0.1, 0.15) is 20.3 Å². The van der Waals surface area contributed by atoms with Crippen molar-refractivity contribution in [3.8, 4) is 17.0 Å². The van der Waals surface area contributed by atoms with Crippen LogP contribution in [-0.2, 0) is 6.54 Å². The van der Waals surface area contributed by atoms with Crippen LogP contribution in [0.4, 0.5) is 5.69 Å². The fourth-order valence-electron chi connectivity index (χ4n) is 1.86. The van der Waals surface area contributed by atoms with Crippen molar-refractivity contribution in [2.75, 3.05) is 12.3 Å². The van der Waals surface area contributed by atoms with E-state index in [4.69, 9.17) is 10.5 Å². The van der Waals surface area contributed by atoms with Crippen molar-refractivity contribution in [1.82, 2.24) is 9.78 Å². The standard InChI is InChI=1S/C15H19N3O2/c1-3-9-20-12-7-5-11(6-8-12)14-10-13(16)15(19)18(4-2)17-14/h5-8,10H,3-4,9,16H2,1-2H3. The number of nitrogens with zero attached hydrogens (tertiary/aromatic N) is 2. The van der Waals surface area contributed by atoms with Crippen LogP contribution in [0.3, 0.4) is 0 Å². The molecule has 2 aromatic rings.